The summed E-state index contributed by atoms with van der Waals surface area (Å²) in [5, 5.41) is 13.3. The third-order valence-electron chi connectivity index (χ3n) is 5.53. The summed E-state index contributed by atoms with van der Waals surface area (Å²) in [6.45, 7) is 1.87. The normalized spacial score (nSPS) is 19.8. The van der Waals surface area contributed by atoms with Gasteiger partial charge in [-0.1, -0.05) is 37.0 Å². The predicted octanol–water partition coefficient (Wildman–Crippen LogP) is 1.95. The van der Waals surface area contributed by atoms with Crippen LogP contribution in [-0.2, 0) is 0 Å². The summed E-state index contributed by atoms with van der Waals surface area (Å²) in [5.74, 6) is 9.68. The van der Waals surface area contributed by atoms with Crippen molar-refractivity contribution in [1.29, 1.82) is 0 Å². The van der Waals surface area contributed by atoms with Gasteiger partial charge in [0.25, 0.3) is 5.78 Å². The van der Waals surface area contributed by atoms with Gasteiger partial charge in [0.15, 0.2) is 0 Å². The van der Waals surface area contributed by atoms with Gasteiger partial charge >= 0.3 is 0 Å². The second-order valence-electron chi connectivity index (χ2n) is 7.78. The van der Waals surface area contributed by atoms with E-state index in [1.54, 1.807) is 0 Å². The minimum Gasteiger partial charge on any atom is -0.382 e. The minimum atomic E-state index is -0.736. The van der Waals surface area contributed by atoms with Crippen molar-refractivity contribution in [2.45, 2.75) is 75.9 Å². The Balaban J connectivity index is 0.000000236. The van der Waals surface area contributed by atoms with Crippen LogP contribution in [0.3, 0.4) is 0 Å². The van der Waals surface area contributed by atoms with Gasteiger partial charge in [-0.2, -0.15) is 14.6 Å². The molecule has 7 heteroatoms. The molecule has 0 amide bonds. The molecule has 2 aliphatic carbocycles. The van der Waals surface area contributed by atoms with Crippen LogP contribution in [-0.4, -0.2) is 35.8 Å². The van der Waals surface area contributed by atoms with Gasteiger partial charge in [0.05, 0.1) is 16.8 Å². The van der Waals surface area contributed by atoms with E-state index in [-0.39, 0.29) is 0 Å². The van der Waals surface area contributed by atoms with Crippen LogP contribution in [0.25, 0.3) is 5.78 Å². The van der Waals surface area contributed by atoms with Crippen LogP contribution in [0.1, 0.15) is 69.0 Å². The van der Waals surface area contributed by atoms with Crippen LogP contribution in [0.15, 0.2) is 6.33 Å². The third kappa shape index (κ3) is 4.44. The molecule has 0 bridgehead atoms. The van der Waals surface area contributed by atoms with Crippen molar-refractivity contribution in [3.8, 4) is 24.2 Å². The van der Waals surface area contributed by atoms with Crippen molar-refractivity contribution in [2.24, 2.45) is 5.73 Å². The van der Waals surface area contributed by atoms with Crippen LogP contribution in [0, 0.1) is 31.1 Å². The van der Waals surface area contributed by atoms with Gasteiger partial charge < -0.3 is 16.6 Å². The molecule has 0 spiro atoms. The molecule has 148 valence electrons. The van der Waals surface area contributed by atoms with Gasteiger partial charge in [-0.25, -0.2) is 4.98 Å². The zero-order valence-corrected chi connectivity index (χ0v) is 16.4. The fourth-order valence-electron chi connectivity index (χ4n) is 3.73. The second kappa shape index (κ2) is 8.18. The van der Waals surface area contributed by atoms with Crippen molar-refractivity contribution in [3.05, 3.63) is 17.6 Å². The fourth-order valence-corrected chi connectivity index (χ4v) is 3.73. The topological polar surface area (TPSA) is 115 Å². The summed E-state index contributed by atoms with van der Waals surface area (Å²) >= 11 is 0. The molecule has 0 radical (unpaired) electrons. The zero-order chi connectivity index (χ0) is 20.2. The van der Waals surface area contributed by atoms with Crippen molar-refractivity contribution >= 4 is 11.6 Å². The minimum absolute atomic E-state index is 0.394. The molecule has 5 N–H and O–H groups in total. The predicted molar refractivity (Wildman–Crippen MR) is 109 cm³/mol. The molecule has 0 aliphatic heterocycles. The lowest BCUT2D eigenvalue weighted by Gasteiger charge is -2.27. The molecule has 2 fully saturated rings. The number of hydrogen-bond donors (Lipinski definition) is 3. The monoisotopic (exact) mass is 380 g/mol. The molecule has 28 heavy (non-hydrogen) atoms. The van der Waals surface area contributed by atoms with Crippen LogP contribution in [0.5, 0.6) is 0 Å². The average Bonchev–Trinajstić information content (AvgIpc) is 3.32. The molecular formula is C21H28N6O. The standard InChI is InChI=1S/C14H18N6.C7H10O/c1-10-11(5-8-14(16)6-3-2-4-7-14)12(15)20-13(19-10)17-9-18-20;1-2-7(8)5-3-4-6-7/h9H,2-4,6-7,15-16H2,1H3;1,8H,3-6H2. The Bertz CT molecular complexity index is 933. The summed E-state index contributed by atoms with van der Waals surface area (Å²) in [6, 6.07) is 0. The summed E-state index contributed by atoms with van der Waals surface area (Å²) < 4.78 is 1.50. The highest BCUT2D eigenvalue weighted by Crippen LogP contribution is 2.28. The van der Waals surface area contributed by atoms with Gasteiger partial charge in [-0.3, -0.25) is 0 Å². The molecular weight excluding hydrogens is 352 g/mol. The van der Waals surface area contributed by atoms with E-state index in [1.807, 2.05) is 6.92 Å². The second-order valence-corrected chi connectivity index (χ2v) is 7.78. The summed E-state index contributed by atoms with van der Waals surface area (Å²) in [6.07, 6.45) is 15.7. The van der Waals surface area contributed by atoms with Crippen molar-refractivity contribution in [3.63, 3.8) is 0 Å². The highest BCUT2D eigenvalue weighted by molar-refractivity contribution is 5.57. The van der Waals surface area contributed by atoms with E-state index in [4.69, 9.17) is 17.9 Å². The maximum absolute atomic E-state index is 9.26. The van der Waals surface area contributed by atoms with E-state index >= 15 is 0 Å². The number of hydrogen-bond acceptors (Lipinski definition) is 6. The lowest BCUT2D eigenvalue weighted by molar-refractivity contribution is 0.110. The van der Waals surface area contributed by atoms with E-state index < -0.39 is 11.1 Å². The number of nitrogens with two attached hydrogens (primary N) is 2. The number of fused-ring (bicyclic) bond motifs is 1. The van der Waals surface area contributed by atoms with Gasteiger partial charge in [-0.05, 0) is 45.4 Å². The number of aromatic nitrogens is 4. The van der Waals surface area contributed by atoms with E-state index in [0.29, 0.717) is 17.2 Å². The zero-order valence-electron chi connectivity index (χ0n) is 16.4. The highest BCUT2D eigenvalue weighted by atomic mass is 16.3. The first-order chi connectivity index (χ1) is 13.4. The molecule has 4 rings (SSSR count). The number of nitrogens with zero attached hydrogens (tertiary/aromatic N) is 4. The maximum atomic E-state index is 9.26. The number of anilines is 1. The summed E-state index contributed by atoms with van der Waals surface area (Å²) in [4.78, 5) is 8.38. The quantitative estimate of drug-likeness (QED) is 0.602. The first-order valence-electron chi connectivity index (χ1n) is 9.84. The molecule has 0 saturated heterocycles. The number of aryl methyl sites for hydroxylation is 1. The number of nitrogen functional groups attached to an aromatic ring is 1. The van der Waals surface area contributed by atoms with Gasteiger partial charge in [-0.15, -0.1) is 6.42 Å². The Kier molecular flexibility index (Phi) is 5.88. The Labute approximate surface area is 165 Å². The van der Waals surface area contributed by atoms with Gasteiger partial charge in [0, 0.05) is 0 Å². The molecule has 0 aromatic carbocycles. The Morgan fingerprint density at radius 2 is 1.79 bits per heavy atom. The molecule has 2 aromatic rings. The van der Waals surface area contributed by atoms with Crippen molar-refractivity contribution < 1.29 is 5.11 Å². The first kappa shape index (κ1) is 20.1. The number of rotatable bonds is 0. The van der Waals surface area contributed by atoms with Crippen molar-refractivity contribution in [1.82, 2.24) is 19.6 Å². The van der Waals surface area contributed by atoms with Crippen molar-refractivity contribution in [2.75, 3.05) is 5.73 Å². The fraction of sp³-hybridized carbons (Fsp3) is 0.571. The van der Waals surface area contributed by atoms with E-state index in [9.17, 15) is 5.11 Å². The van der Waals surface area contributed by atoms with Crippen LogP contribution in [0.2, 0.25) is 0 Å². The largest absolute Gasteiger partial charge is 0.382 e. The lowest BCUT2D eigenvalue weighted by atomic mass is 9.83. The first-order valence-corrected chi connectivity index (χ1v) is 9.84. The maximum Gasteiger partial charge on any atom is 0.254 e. The van der Waals surface area contributed by atoms with Gasteiger partial charge in [0.1, 0.15) is 17.7 Å². The Morgan fingerprint density at radius 1 is 1.14 bits per heavy atom. The summed E-state index contributed by atoms with van der Waals surface area (Å²) in [5.41, 5.74) is 12.8. The molecule has 0 unspecified atom stereocenters. The van der Waals surface area contributed by atoms with Crippen LogP contribution < -0.4 is 11.5 Å². The summed E-state index contributed by atoms with van der Waals surface area (Å²) in [7, 11) is 0. The molecule has 0 atom stereocenters. The molecule has 2 saturated carbocycles. The SMILES string of the molecule is C#CC1(O)CCCC1.Cc1nc2ncnn2c(N)c1C#CC1(N)CCCCC1. The Morgan fingerprint density at radius 3 is 2.39 bits per heavy atom. The highest BCUT2D eigenvalue weighted by Gasteiger charge is 2.28. The third-order valence-corrected chi connectivity index (χ3v) is 5.53. The molecule has 7 nitrogen and oxygen atoms in total. The molecule has 2 heterocycles. The van der Waals surface area contributed by atoms with E-state index in [0.717, 1.165) is 57.1 Å². The van der Waals surface area contributed by atoms with Gasteiger partial charge in [0.2, 0.25) is 0 Å². The smallest absolute Gasteiger partial charge is 0.254 e. The van der Waals surface area contributed by atoms with E-state index in [1.165, 1.54) is 17.3 Å². The number of terminal acetylenes is 1. The molecule has 2 aliphatic rings. The average molecular weight is 380 g/mol. The Hall–Kier alpha value is -2.61. The molecule has 2 aromatic heterocycles. The lowest BCUT2D eigenvalue weighted by Crippen LogP contribution is -2.40. The number of aliphatic hydroxyl groups is 1. The van der Waals surface area contributed by atoms with Crippen LogP contribution >= 0.6 is 0 Å². The van der Waals surface area contributed by atoms with Crippen LogP contribution in [0.4, 0.5) is 5.82 Å². The van der Waals surface area contributed by atoms with E-state index in [2.05, 4.69) is 32.8 Å².